The fourth-order valence-corrected chi connectivity index (χ4v) is 4.05. The fraction of sp³-hybridized carbons (Fsp3) is 0.417. The zero-order valence-corrected chi connectivity index (χ0v) is 22.2. The zero-order chi connectivity index (χ0) is 26.7. The normalized spacial score (nSPS) is 21.1. The van der Waals surface area contributed by atoms with Crippen molar-refractivity contribution in [1.29, 1.82) is 0 Å². The molecule has 0 aromatic carbocycles. The summed E-state index contributed by atoms with van der Waals surface area (Å²) in [5, 5.41) is 7.76. The number of nitrogens with one attached hydrogen (secondary N) is 3. The highest BCUT2D eigenvalue weighted by molar-refractivity contribution is 8.13. The molecule has 2 bridgehead atoms. The van der Waals surface area contributed by atoms with E-state index in [0.29, 0.717) is 17.9 Å². The van der Waals surface area contributed by atoms with Crippen molar-refractivity contribution in [3.05, 3.63) is 47.4 Å². The molecule has 12 heteroatoms. The van der Waals surface area contributed by atoms with Crippen LogP contribution in [0.1, 0.15) is 49.8 Å². The van der Waals surface area contributed by atoms with Gasteiger partial charge in [-0.25, -0.2) is 9.78 Å². The molecule has 1 aromatic heterocycles. The molecule has 0 fully saturated rings. The smallest absolute Gasteiger partial charge is 0.328 e. The van der Waals surface area contributed by atoms with Gasteiger partial charge < -0.3 is 20.7 Å². The van der Waals surface area contributed by atoms with Crippen LogP contribution in [0.3, 0.4) is 0 Å². The first-order chi connectivity index (χ1) is 17.1. The average Bonchev–Trinajstić information content (AvgIpc) is 2.84. The maximum absolute atomic E-state index is 12.8. The molecule has 0 unspecified atom stereocenters. The first-order valence-corrected chi connectivity index (χ1v) is 13.4. The van der Waals surface area contributed by atoms with Crippen molar-refractivity contribution >= 4 is 52.3 Å². The van der Waals surface area contributed by atoms with E-state index < -0.39 is 35.8 Å². The standard InChI is InChI=1S/C24H30N4O6S2/c1-5-19-22(31)26-14(2)24(33)34-17(8-6-7-9-36-15(3)29)11-21(30)25-13-16-10-18(35-4)12-20(27-16)23(32)28-19/h5-6,8,10,12,14,17H,7,9,11,13H2,1-4H3,(H,25,30)(H,26,31)(H,28,32)/b8-6+,19-5+/t14-,17-/m1/s1. The molecule has 3 N–H and O–H groups in total. The fourth-order valence-electron chi connectivity index (χ4n) is 3.03. The third-order valence-electron chi connectivity index (χ3n) is 4.86. The molecule has 0 aliphatic carbocycles. The Hall–Kier alpha value is -3.12. The van der Waals surface area contributed by atoms with Gasteiger partial charge >= 0.3 is 5.97 Å². The summed E-state index contributed by atoms with van der Waals surface area (Å²) in [6.07, 6.45) is 6.11. The van der Waals surface area contributed by atoms with E-state index in [4.69, 9.17) is 4.74 Å². The van der Waals surface area contributed by atoms with Crippen LogP contribution in [0.15, 0.2) is 41.0 Å². The molecule has 2 rings (SSSR count). The monoisotopic (exact) mass is 534 g/mol. The summed E-state index contributed by atoms with van der Waals surface area (Å²) < 4.78 is 5.48. The van der Waals surface area contributed by atoms with Gasteiger partial charge in [0.2, 0.25) is 5.91 Å². The van der Waals surface area contributed by atoms with Crippen LogP contribution in [0.4, 0.5) is 0 Å². The second kappa shape index (κ2) is 14.4. The summed E-state index contributed by atoms with van der Waals surface area (Å²) in [5.41, 5.74) is 0.498. The summed E-state index contributed by atoms with van der Waals surface area (Å²) in [4.78, 5) is 66.9. The molecule has 3 amide bonds. The number of allylic oxidation sites excluding steroid dienone is 2. The topological polar surface area (TPSA) is 144 Å². The van der Waals surface area contributed by atoms with Gasteiger partial charge in [-0.1, -0.05) is 23.9 Å². The molecule has 10 nitrogen and oxygen atoms in total. The molecule has 0 radical (unpaired) electrons. The lowest BCUT2D eigenvalue weighted by Gasteiger charge is -2.20. The molecule has 1 aliphatic heterocycles. The summed E-state index contributed by atoms with van der Waals surface area (Å²) in [6.45, 7) is 4.56. The molecule has 0 saturated carbocycles. The van der Waals surface area contributed by atoms with E-state index in [9.17, 15) is 24.0 Å². The number of carbonyl (C=O) groups excluding carboxylic acids is 5. The minimum atomic E-state index is -1.05. The van der Waals surface area contributed by atoms with Crippen LogP contribution in [0.25, 0.3) is 0 Å². The third kappa shape index (κ3) is 9.50. The zero-order valence-electron chi connectivity index (χ0n) is 20.6. The number of rotatable bonds is 5. The molecule has 194 valence electrons. The van der Waals surface area contributed by atoms with Crippen molar-refractivity contribution in [1.82, 2.24) is 20.9 Å². The third-order valence-corrected chi connectivity index (χ3v) is 6.42. The number of hydrogen-bond acceptors (Lipinski definition) is 9. The van der Waals surface area contributed by atoms with E-state index in [1.165, 1.54) is 43.4 Å². The van der Waals surface area contributed by atoms with Gasteiger partial charge in [-0.05, 0) is 44.7 Å². The number of cyclic esters (lactones) is 1. The Balaban J connectivity index is 2.32. The average molecular weight is 535 g/mol. The summed E-state index contributed by atoms with van der Waals surface area (Å²) in [7, 11) is 0. The van der Waals surface area contributed by atoms with E-state index in [2.05, 4.69) is 20.9 Å². The molecule has 2 atom stereocenters. The van der Waals surface area contributed by atoms with Crippen molar-refractivity contribution in [3.63, 3.8) is 0 Å². The van der Waals surface area contributed by atoms with Crippen molar-refractivity contribution in [2.75, 3.05) is 12.0 Å². The Labute approximate surface area is 218 Å². The Morgan fingerprint density at radius 3 is 2.64 bits per heavy atom. The number of hydrogen-bond donors (Lipinski definition) is 3. The van der Waals surface area contributed by atoms with E-state index in [0.717, 1.165) is 4.90 Å². The van der Waals surface area contributed by atoms with Crippen LogP contribution >= 0.6 is 23.5 Å². The van der Waals surface area contributed by atoms with E-state index in [1.807, 2.05) is 6.26 Å². The molecular weight excluding hydrogens is 504 g/mol. The van der Waals surface area contributed by atoms with Crippen LogP contribution in [0.2, 0.25) is 0 Å². The second-order valence-electron chi connectivity index (χ2n) is 7.75. The highest BCUT2D eigenvalue weighted by atomic mass is 32.2. The minimum absolute atomic E-state index is 0.00229. The number of aromatic nitrogens is 1. The van der Waals surface area contributed by atoms with Gasteiger partial charge in [0.05, 0.1) is 18.7 Å². The number of ether oxygens (including phenoxy) is 1. The number of nitrogens with zero attached hydrogens (tertiary/aromatic N) is 1. The van der Waals surface area contributed by atoms with Crippen LogP contribution in [0, 0.1) is 0 Å². The summed E-state index contributed by atoms with van der Waals surface area (Å²) in [6, 6.07) is 2.29. The van der Waals surface area contributed by atoms with Gasteiger partial charge in [-0.3, -0.25) is 19.2 Å². The van der Waals surface area contributed by atoms with Crippen LogP contribution in [0.5, 0.6) is 0 Å². The quantitative estimate of drug-likeness (QED) is 0.170. The van der Waals surface area contributed by atoms with Gasteiger partial charge in [0.15, 0.2) is 5.12 Å². The van der Waals surface area contributed by atoms with Gasteiger partial charge in [0.25, 0.3) is 11.8 Å². The minimum Gasteiger partial charge on any atom is -0.456 e. The largest absolute Gasteiger partial charge is 0.456 e. The van der Waals surface area contributed by atoms with Crippen molar-refractivity contribution in [2.45, 2.75) is 57.2 Å². The highest BCUT2D eigenvalue weighted by Gasteiger charge is 2.25. The second-order valence-corrected chi connectivity index (χ2v) is 9.90. The van der Waals surface area contributed by atoms with E-state index in [1.54, 1.807) is 31.2 Å². The van der Waals surface area contributed by atoms with Crippen LogP contribution in [-0.2, 0) is 30.5 Å². The number of fused-ring (bicyclic) bond motifs is 2. The Morgan fingerprint density at radius 1 is 1.22 bits per heavy atom. The van der Waals surface area contributed by atoms with Gasteiger partial charge in [0, 0.05) is 17.6 Å². The number of amides is 3. The van der Waals surface area contributed by atoms with Gasteiger partial charge in [0.1, 0.15) is 23.5 Å². The maximum Gasteiger partial charge on any atom is 0.328 e. The number of esters is 1. The maximum atomic E-state index is 12.8. The molecule has 1 aliphatic rings. The summed E-state index contributed by atoms with van der Waals surface area (Å²) >= 11 is 2.58. The molecule has 0 saturated heterocycles. The number of pyridine rings is 1. The lowest BCUT2D eigenvalue weighted by Crippen LogP contribution is -2.44. The predicted octanol–water partition coefficient (Wildman–Crippen LogP) is 2.10. The van der Waals surface area contributed by atoms with Crippen molar-refractivity contribution < 1.29 is 28.7 Å². The molecule has 2 heterocycles. The molecular formula is C24H30N4O6S2. The van der Waals surface area contributed by atoms with E-state index >= 15 is 0 Å². The Morgan fingerprint density at radius 2 is 1.97 bits per heavy atom. The van der Waals surface area contributed by atoms with Gasteiger partial charge in [-0.15, -0.1) is 11.8 Å². The van der Waals surface area contributed by atoms with E-state index in [-0.39, 0.29) is 29.5 Å². The predicted molar refractivity (Wildman–Crippen MR) is 138 cm³/mol. The van der Waals surface area contributed by atoms with Crippen LogP contribution in [-0.4, -0.2) is 57.9 Å². The molecule has 1 aromatic rings. The van der Waals surface area contributed by atoms with Crippen molar-refractivity contribution in [2.24, 2.45) is 0 Å². The lowest BCUT2D eigenvalue weighted by atomic mass is 10.2. The summed E-state index contributed by atoms with van der Waals surface area (Å²) in [5.74, 6) is -1.85. The molecule has 36 heavy (non-hydrogen) atoms. The first kappa shape index (κ1) is 29.1. The highest BCUT2D eigenvalue weighted by Crippen LogP contribution is 2.17. The lowest BCUT2D eigenvalue weighted by molar-refractivity contribution is -0.151. The SMILES string of the molecule is C/C=C1/NC(=O)c2cc(SC)cc(n2)CNC(=O)C[C@@H](/C=C/CCSC(C)=O)OC(=O)[C@@H](C)NC1=O. The number of thioether (sulfide) groups is 2. The van der Waals surface area contributed by atoms with Gasteiger partial charge in [-0.2, -0.15) is 0 Å². The number of carbonyl (C=O) groups is 5. The van der Waals surface area contributed by atoms with Crippen LogP contribution < -0.4 is 16.0 Å². The Kier molecular flexibility index (Phi) is 11.7. The first-order valence-electron chi connectivity index (χ1n) is 11.2. The van der Waals surface area contributed by atoms with Crippen molar-refractivity contribution in [3.8, 4) is 0 Å². The molecule has 0 spiro atoms. The Bertz CT molecular complexity index is 1070.